The smallest absolute Gasteiger partial charge is 0.339 e. The number of ether oxygens (including phenoxy) is 2. The predicted octanol–water partition coefficient (Wildman–Crippen LogP) is 0.789. The second-order valence-electron chi connectivity index (χ2n) is 4.58. The van der Waals surface area contributed by atoms with Gasteiger partial charge in [-0.2, -0.15) is 0 Å². The van der Waals surface area contributed by atoms with Crippen molar-refractivity contribution in [3.8, 4) is 0 Å². The Bertz CT molecular complexity index is 504. The summed E-state index contributed by atoms with van der Waals surface area (Å²) in [6.07, 6.45) is 0.657. The minimum absolute atomic E-state index is 0.0431. The molecule has 6 heteroatoms. The molecule has 2 unspecified atom stereocenters. The van der Waals surface area contributed by atoms with Crippen LogP contribution in [0.25, 0.3) is 0 Å². The number of hydrogen-bond donors (Lipinski definition) is 2. The molecule has 0 spiro atoms. The van der Waals surface area contributed by atoms with Gasteiger partial charge in [-0.3, -0.25) is 4.79 Å². The lowest BCUT2D eigenvalue weighted by Crippen LogP contribution is -2.35. The van der Waals surface area contributed by atoms with E-state index in [0.29, 0.717) is 24.2 Å². The monoisotopic (exact) mass is 278 g/mol. The lowest BCUT2D eigenvalue weighted by Gasteiger charge is -2.13. The molecule has 1 aliphatic rings. The van der Waals surface area contributed by atoms with Gasteiger partial charge in [-0.05, 0) is 18.6 Å². The van der Waals surface area contributed by atoms with Crippen molar-refractivity contribution in [1.82, 2.24) is 5.32 Å². The average molecular weight is 278 g/mol. The molecule has 0 aliphatic carbocycles. The highest BCUT2D eigenvalue weighted by Gasteiger charge is 2.29. The van der Waals surface area contributed by atoms with Crippen molar-refractivity contribution in [2.75, 3.05) is 26.1 Å². The van der Waals surface area contributed by atoms with Crippen LogP contribution in [0.4, 0.5) is 5.69 Å². The van der Waals surface area contributed by atoms with Gasteiger partial charge in [0.05, 0.1) is 30.5 Å². The molecule has 1 aromatic carbocycles. The minimum atomic E-state index is -0.477. The second-order valence-corrected chi connectivity index (χ2v) is 4.58. The van der Waals surface area contributed by atoms with Gasteiger partial charge in [-0.1, -0.05) is 12.1 Å². The molecule has 1 aliphatic heterocycles. The Morgan fingerprint density at radius 3 is 2.70 bits per heavy atom. The fraction of sp³-hybridized carbons (Fsp3) is 0.429. The number of methoxy groups -OCH3 is 2. The Hall–Kier alpha value is -1.92. The van der Waals surface area contributed by atoms with Crippen LogP contribution in [0.5, 0.6) is 0 Å². The van der Waals surface area contributed by atoms with E-state index >= 15 is 0 Å². The number of para-hydroxylation sites is 1. The third-order valence-corrected chi connectivity index (χ3v) is 3.33. The molecule has 0 bridgehead atoms. The molecule has 1 amide bonds. The van der Waals surface area contributed by atoms with Crippen LogP contribution in [0.3, 0.4) is 0 Å². The van der Waals surface area contributed by atoms with Crippen molar-refractivity contribution in [1.29, 1.82) is 0 Å². The highest BCUT2D eigenvalue weighted by atomic mass is 16.5. The maximum Gasteiger partial charge on any atom is 0.339 e. The van der Waals surface area contributed by atoms with Crippen LogP contribution in [0.15, 0.2) is 24.3 Å². The summed E-state index contributed by atoms with van der Waals surface area (Å²) >= 11 is 0. The van der Waals surface area contributed by atoms with Gasteiger partial charge < -0.3 is 20.1 Å². The molecule has 1 heterocycles. The molecule has 6 nitrogen and oxygen atoms in total. The summed E-state index contributed by atoms with van der Waals surface area (Å²) in [6, 6.07) is 6.44. The van der Waals surface area contributed by atoms with Crippen molar-refractivity contribution in [3.05, 3.63) is 29.8 Å². The molecule has 2 N–H and O–H groups in total. The maximum atomic E-state index is 12.2. The number of benzene rings is 1. The van der Waals surface area contributed by atoms with Gasteiger partial charge in [0.1, 0.15) is 0 Å². The van der Waals surface area contributed by atoms with E-state index in [2.05, 4.69) is 10.6 Å². The summed E-state index contributed by atoms with van der Waals surface area (Å²) in [7, 11) is 2.93. The van der Waals surface area contributed by atoms with E-state index in [4.69, 9.17) is 9.47 Å². The maximum absolute atomic E-state index is 12.2. The van der Waals surface area contributed by atoms with E-state index in [0.717, 1.165) is 0 Å². The van der Waals surface area contributed by atoms with Crippen LogP contribution in [0.2, 0.25) is 0 Å². The van der Waals surface area contributed by atoms with E-state index in [-0.39, 0.29) is 18.1 Å². The molecular formula is C14H18N2O4. The van der Waals surface area contributed by atoms with Crippen LogP contribution in [-0.4, -0.2) is 44.8 Å². The Labute approximate surface area is 117 Å². The number of carbonyl (C=O) groups excluding carboxylic acids is 2. The first kappa shape index (κ1) is 14.5. The summed E-state index contributed by atoms with van der Waals surface area (Å²) in [5.41, 5.74) is 0.789. The fourth-order valence-electron chi connectivity index (χ4n) is 2.18. The van der Waals surface area contributed by atoms with Gasteiger partial charge in [0.15, 0.2) is 0 Å². The second kappa shape index (κ2) is 6.49. The van der Waals surface area contributed by atoms with Crippen molar-refractivity contribution in [2.24, 2.45) is 0 Å². The van der Waals surface area contributed by atoms with Gasteiger partial charge in [0.25, 0.3) is 0 Å². The zero-order valence-corrected chi connectivity index (χ0v) is 11.5. The molecule has 2 atom stereocenters. The number of amides is 1. The Balaban J connectivity index is 2.07. The molecule has 108 valence electrons. The molecular weight excluding hydrogens is 260 g/mol. The van der Waals surface area contributed by atoms with Crippen molar-refractivity contribution >= 4 is 17.6 Å². The average Bonchev–Trinajstić information content (AvgIpc) is 2.96. The number of rotatable bonds is 4. The van der Waals surface area contributed by atoms with E-state index < -0.39 is 5.97 Å². The highest BCUT2D eigenvalue weighted by Crippen LogP contribution is 2.18. The Morgan fingerprint density at radius 2 is 2.05 bits per heavy atom. The molecule has 1 saturated heterocycles. The standard InChI is InChI=1S/C14H18N2O4/c1-19-9-7-12(15-8-9)13(17)16-11-6-4-3-5-10(11)14(18)20-2/h3-6,9,12,15H,7-8H2,1-2H3,(H,16,17). The number of esters is 1. The third kappa shape index (κ3) is 3.15. The third-order valence-electron chi connectivity index (χ3n) is 3.33. The van der Waals surface area contributed by atoms with Gasteiger partial charge in [0.2, 0.25) is 5.91 Å². The Kier molecular flexibility index (Phi) is 4.70. The normalized spacial score (nSPS) is 21.5. The minimum Gasteiger partial charge on any atom is -0.465 e. The summed E-state index contributed by atoms with van der Waals surface area (Å²) in [5, 5.41) is 5.84. The number of hydrogen-bond acceptors (Lipinski definition) is 5. The quantitative estimate of drug-likeness (QED) is 0.796. The van der Waals surface area contributed by atoms with E-state index in [9.17, 15) is 9.59 Å². The first-order chi connectivity index (χ1) is 9.65. The van der Waals surface area contributed by atoms with E-state index in [1.165, 1.54) is 7.11 Å². The number of carbonyl (C=O) groups is 2. The number of anilines is 1. The van der Waals surface area contributed by atoms with Crippen LogP contribution in [-0.2, 0) is 14.3 Å². The Morgan fingerprint density at radius 1 is 1.30 bits per heavy atom. The molecule has 0 saturated carbocycles. The summed E-state index contributed by atoms with van der Waals surface area (Å²) in [6.45, 7) is 0.646. The predicted molar refractivity (Wildman–Crippen MR) is 73.6 cm³/mol. The van der Waals surface area contributed by atoms with Crippen LogP contribution >= 0.6 is 0 Å². The largest absolute Gasteiger partial charge is 0.465 e. The van der Waals surface area contributed by atoms with Gasteiger partial charge in [-0.15, -0.1) is 0 Å². The van der Waals surface area contributed by atoms with E-state index in [1.54, 1.807) is 31.4 Å². The first-order valence-electron chi connectivity index (χ1n) is 6.40. The SMILES string of the molecule is COC(=O)c1ccccc1NC(=O)C1CC(OC)CN1. The molecule has 1 aromatic rings. The number of nitrogens with one attached hydrogen (secondary N) is 2. The summed E-state index contributed by atoms with van der Waals surface area (Å²) < 4.78 is 9.90. The zero-order chi connectivity index (χ0) is 14.5. The fourth-order valence-corrected chi connectivity index (χ4v) is 2.18. The van der Waals surface area contributed by atoms with Crippen molar-refractivity contribution in [3.63, 3.8) is 0 Å². The van der Waals surface area contributed by atoms with Gasteiger partial charge >= 0.3 is 5.97 Å². The van der Waals surface area contributed by atoms with Crippen molar-refractivity contribution in [2.45, 2.75) is 18.6 Å². The highest BCUT2D eigenvalue weighted by molar-refractivity contribution is 6.02. The van der Waals surface area contributed by atoms with Crippen LogP contribution < -0.4 is 10.6 Å². The van der Waals surface area contributed by atoms with Gasteiger partial charge in [-0.25, -0.2) is 4.79 Å². The molecule has 0 aromatic heterocycles. The summed E-state index contributed by atoms with van der Waals surface area (Å²) in [5.74, 6) is -0.657. The topological polar surface area (TPSA) is 76.7 Å². The lowest BCUT2D eigenvalue weighted by atomic mass is 10.1. The summed E-state index contributed by atoms with van der Waals surface area (Å²) in [4.78, 5) is 23.8. The van der Waals surface area contributed by atoms with E-state index in [1.807, 2.05) is 0 Å². The van der Waals surface area contributed by atoms with Gasteiger partial charge in [0, 0.05) is 13.7 Å². The zero-order valence-electron chi connectivity index (χ0n) is 11.5. The molecule has 1 fully saturated rings. The first-order valence-corrected chi connectivity index (χ1v) is 6.40. The van der Waals surface area contributed by atoms with Crippen LogP contribution in [0, 0.1) is 0 Å². The van der Waals surface area contributed by atoms with Crippen LogP contribution in [0.1, 0.15) is 16.8 Å². The molecule has 2 rings (SSSR count). The molecule has 0 radical (unpaired) electrons. The lowest BCUT2D eigenvalue weighted by molar-refractivity contribution is -0.118. The van der Waals surface area contributed by atoms with Crippen molar-refractivity contribution < 1.29 is 19.1 Å². The molecule has 20 heavy (non-hydrogen) atoms.